The van der Waals surface area contributed by atoms with Gasteiger partial charge in [0.05, 0.1) is 18.9 Å². The highest BCUT2D eigenvalue weighted by Crippen LogP contribution is 2.33. The third-order valence-corrected chi connectivity index (χ3v) is 5.43. The number of benzene rings is 1. The quantitative estimate of drug-likeness (QED) is 0.505. The molecule has 0 fully saturated rings. The first-order valence-corrected chi connectivity index (χ1v) is 9.37. The van der Waals surface area contributed by atoms with Crippen LogP contribution in [0.5, 0.6) is 5.75 Å². The Morgan fingerprint density at radius 3 is 2.92 bits per heavy atom. The predicted octanol–water partition coefficient (Wildman–Crippen LogP) is 3.54. The van der Waals surface area contributed by atoms with E-state index in [1.165, 1.54) is 23.1 Å². The Hall–Kier alpha value is -2.32. The molecule has 3 rings (SSSR count). The molecule has 3 aromatic rings. The molecule has 0 aliphatic rings. The highest BCUT2D eigenvalue weighted by Gasteiger charge is 2.14. The van der Waals surface area contributed by atoms with Gasteiger partial charge >= 0.3 is 5.97 Å². The van der Waals surface area contributed by atoms with Gasteiger partial charge in [-0.15, -0.1) is 11.3 Å². The molecule has 2 heterocycles. The molecule has 1 aromatic carbocycles. The van der Waals surface area contributed by atoms with Gasteiger partial charge in [-0.1, -0.05) is 17.8 Å². The minimum Gasteiger partial charge on any atom is -0.496 e. The van der Waals surface area contributed by atoms with Crippen molar-refractivity contribution >= 4 is 39.3 Å². The number of aliphatic carboxylic acids is 1. The smallest absolute Gasteiger partial charge is 0.304 e. The van der Waals surface area contributed by atoms with Crippen molar-refractivity contribution in [3.05, 3.63) is 39.5 Å². The minimum absolute atomic E-state index is 0.0211. The fourth-order valence-electron chi connectivity index (χ4n) is 2.49. The first kappa shape index (κ1) is 17.5. The molecular formula is C17H16N2O4S2. The van der Waals surface area contributed by atoms with Gasteiger partial charge in [-0.25, -0.2) is 4.98 Å². The highest BCUT2D eigenvalue weighted by atomic mass is 32.2. The van der Waals surface area contributed by atoms with Gasteiger partial charge in [0.2, 0.25) is 0 Å². The monoisotopic (exact) mass is 376 g/mol. The number of aromatic nitrogens is 2. The Morgan fingerprint density at radius 2 is 2.24 bits per heavy atom. The first-order chi connectivity index (χ1) is 12.0. The van der Waals surface area contributed by atoms with Crippen molar-refractivity contribution in [1.82, 2.24) is 9.97 Å². The molecular weight excluding hydrogens is 360 g/mol. The number of rotatable bonds is 6. The van der Waals surface area contributed by atoms with Crippen LogP contribution in [0.3, 0.4) is 0 Å². The summed E-state index contributed by atoms with van der Waals surface area (Å²) in [7, 11) is 1.63. The fourth-order valence-corrected chi connectivity index (χ4v) is 4.29. The lowest BCUT2D eigenvalue weighted by atomic mass is 10.0. The Balaban J connectivity index is 1.97. The molecule has 2 N–H and O–H groups in total. The van der Waals surface area contributed by atoms with E-state index in [9.17, 15) is 9.59 Å². The van der Waals surface area contributed by atoms with Crippen LogP contribution in [-0.2, 0) is 4.79 Å². The molecule has 0 bridgehead atoms. The largest absolute Gasteiger partial charge is 0.496 e. The molecule has 0 aliphatic carbocycles. The number of nitrogens with zero attached hydrogens (tertiary/aromatic N) is 1. The molecule has 0 unspecified atom stereocenters. The van der Waals surface area contributed by atoms with Crippen molar-refractivity contribution in [1.29, 1.82) is 0 Å². The summed E-state index contributed by atoms with van der Waals surface area (Å²) in [4.78, 5) is 30.9. The highest BCUT2D eigenvalue weighted by molar-refractivity contribution is 7.99. The summed E-state index contributed by atoms with van der Waals surface area (Å²) in [6.07, 6.45) is 0.0211. The summed E-state index contributed by atoms with van der Waals surface area (Å²) < 4.78 is 5.28. The molecule has 0 radical (unpaired) electrons. The number of hydrogen-bond acceptors (Lipinski definition) is 6. The molecule has 0 atom stereocenters. The summed E-state index contributed by atoms with van der Waals surface area (Å²) in [5.74, 6) is 0.288. The van der Waals surface area contributed by atoms with Crippen LogP contribution in [0.1, 0.15) is 12.0 Å². The van der Waals surface area contributed by atoms with E-state index in [1.54, 1.807) is 7.11 Å². The summed E-state index contributed by atoms with van der Waals surface area (Å²) in [6, 6.07) is 5.78. The zero-order valence-corrected chi connectivity index (χ0v) is 15.3. The summed E-state index contributed by atoms with van der Waals surface area (Å²) >= 11 is 2.63. The number of thioether (sulfide) groups is 1. The Morgan fingerprint density at radius 1 is 1.44 bits per heavy atom. The van der Waals surface area contributed by atoms with Gasteiger partial charge in [-0.05, 0) is 30.2 Å². The zero-order valence-electron chi connectivity index (χ0n) is 13.7. The van der Waals surface area contributed by atoms with E-state index in [2.05, 4.69) is 9.97 Å². The number of methoxy groups -OCH3 is 1. The number of carbonyl (C=O) groups is 1. The summed E-state index contributed by atoms with van der Waals surface area (Å²) in [5, 5.41) is 11.6. The van der Waals surface area contributed by atoms with Gasteiger partial charge in [0.1, 0.15) is 10.6 Å². The van der Waals surface area contributed by atoms with Crippen LogP contribution in [0.15, 0.2) is 33.5 Å². The molecule has 0 saturated heterocycles. The molecule has 130 valence electrons. The Labute approximate surface area is 151 Å². The van der Waals surface area contributed by atoms with Gasteiger partial charge < -0.3 is 14.8 Å². The van der Waals surface area contributed by atoms with Gasteiger partial charge in [0.15, 0.2) is 5.16 Å². The third-order valence-electron chi connectivity index (χ3n) is 3.68. The number of aromatic amines is 1. The average Bonchev–Trinajstić information content (AvgIpc) is 2.99. The molecule has 0 saturated carbocycles. The maximum absolute atomic E-state index is 12.5. The number of ether oxygens (including phenoxy) is 1. The van der Waals surface area contributed by atoms with Crippen LogP contribution < -0.4 is 10.3 Å². The standard InChI is InChI=1S/C17H16N2O4S2/c1-9-7-10(3-4-12(9)23-2)11-8-25-16-14(11)15(22)18-17(19-16)24-6-5-13(20)21/h3-4,7-8H,5-6H2,1-2H3,(H,20,21)(H,18,19,22). The molecule has 8 heteroatoms. The van der Waals surface area contributed by atoms with Gasteiger partial charge in [-0.3, -0.25) is 9.59 Å². The van der Waals surface area contributed by atoms with E-state index in [1.807, 2.05) is 30.5 Å². The fraction of sp³-hybridized carbons (Fsp3) is 0.235. The second kappa shape index (κ2) is 7.28. The van der Waals surface area contributed by atoms with Gasteiger partial charge in [-0.2, -0.15) is 0 Å². The van der Waals surface area contributed by atoms with E-state index >= 15 is 0 Å². The van der Waals surface area contributed by atoms with E-state index in [4.69, 9.17) is 9.84 Å². The average molecular weight is 376 g/mol. The zero-order chi connectivity index (χ0) is 18.0. The molecule has 0 spiro atoms. The second-order valence-corrected chi connectivity index (χ2v) is 7.32. The predicted molar refractivity (Wildman–Crippen MR) is 99.9 cm³/mol. The number of carboxylic acids is 1. The van der Waals surface area contributed by atoms with E-state index in [-0.39, 0.29) is 12.0 Å². The number of aryl methyl sites for hydroxylation is 1. The van der Waals surface area contributed by atoms with Crippen molar-refractivity contribution in [3.8, 4) is 16.9 Å². The molecule has 6 nitrogen and oxygen atoms in total. The minimum atomic E-state index is -0.871. The number of H-pyrrole nitrogens is 1. The maximum atomic E-state index is 12.5. The topological polar surface area (TPSA) is 92.3 Å². The van der Waals surface area contributed by atoms with E-state index in [0.29, 0.717) is 21.1 Å². The number of carboxylic acid groups (broad SMARTS) is 1. The van der Waals surface area contributed by atoms with Crippen LogP contribution in [0.4, 0.5) is 0 Å². The Bertz CT molecular complexity index is 994. The first-order valence-electron chi connectivity index (χ1n) is 7.50. The number of fused-ring (bicyclic) bond motifs is 1. The van der Waals surface area contributed by atoms with Gasteiger partial charge in [0.25, 0.3) is 5.56 Å². The van der Waals surface area contributed by atoms with Crippen LogP contribution in [-0.4, -0.2) is 33.9 Å². The van der Waals surface area contributed by atoms with E-state index in [0.717, 1.165) is 22.4 Å². The second-order valence-electron chi connectivity index (χ2n) is 5.38. The SMILES string of the molecule is COc1ccc(-c2csc3nc(SCCC(=O)O)[nH]c(=O)c23)cc1C. The summed E-state index contributed by atoms with van der Waals surface area (Å²) in [6.45, 7) is 1.95. The van der Waals surface area contributed by atoms with Crippen molar-refractivity contribution in [2.75, 3.05) is 12.9 Å². The van der Waals surface area contributed by atoms with Crippen molar-refractivity contribution < 1.29 is 14.6 Å². The van der Waals surface area contributed by atoms with Crippen LogP contribution in [0.2, 0.25) is 0 Å². The normalized spacial score (nSPS) is 11.0. The number of nitrogens with one attached hydrogen (secondary N) is 1. The van der Waals surface area contributed by atoms with Crippen LogP contribution >= 0.6 is 23.1 Å². The van der Waals surface area contributed by atoms with Gasteiger partial charge in [0, 0.05) is 16.7 Å². The van der Waals surface area contributed by atoms with E-state index < -0.39 is 5.97 Å². The molecule has 0 aliphatic heterocycles. The summed E-state index contributed by atoms with van der Waals surface area (Å²) in [5.41, 5.74) is 2.54. The third kappa shape index (κ3) is 3.69. The lowest BCUT2D eigenvalue weighted by molar-refractivity contribution is -0.136. The van der Waals surface area contributed by atoms with Crippen molar-refractivity contribution in [2.24, 2.45) is 0 Å². The van der Waals surface area contributed by atoms with Crippen molar-refractivity contribution in [2.45, 2.75) is 18.5 Å². The van der Waals surface area contributed by atoms with Crippen LogP contribution in [0, 0.1) is 6.92 Å². The molecule has 2 aromatic heterocycles. The number of hydrogen-bond donors (Lipinski definition) is 2. The van der Waals surface area contributed by atoms with Crippen molar-refractivity contribution in [3.63, 3.8) is 0 Å². The maximum Gasteiger partial charge on any atom is 0.304 e. The molecule has 25 heavy (non-hydrogen) atoms. The lowest BCUT2D eigenvalue weighted by Crippen LogP contribution is -2.09. The van der Waals surface area contributed by atoms with Crippen LogP contribution in [0.25, 0.3) is 21.3 Å². The Kier molecular flexibility index (Phi) is 5.10. The number of thiophene rings is 1. The molecule has 0 amide bonds. The lowest BCUT2D eigenvalue weighted by Gasteiger charge is -2.07.